The van der Waals surface area contributed by atoms with Gasteiger partial charge in [-0.05, 0) is 13.3 Å². The number of sulfonamides is 1. The quantitative estimate of drug-likeness (QED) is 0.698. The predicted octanol–water partition coefficient (Wildman–Crippen LogP) is -0.486. The molecule has 2 aliphatic rings. The molecule has 0 spiro atoms. The molecule has 0 aliphatic carbocycles. The average molecular weight is 276 g/mol. The highest BCUT2D eigenvalue weighted by molar-refractivity contribution is 7.89. The molecule has 18 heavy (non-hydrogen) atoms. The lowest BCUT2D eigenvalue weighted by molar-refractivity contribution is -0.135. The van der Waals surface area contributed by atoms with E-state index >= 15 is 0 Å². The van der Waals surface area contributed by atoms with E-state index in [4.69, 9.17) is 4.74 Å². The van der Waals surface area contributed by atoms with Crippen LogP contribution in [0.2, 0.25) is 0 Å². The third-order valence-electron chi connectivity index (χ3n) is 3.64. The van der Waals surface area contributed by atoms with Crippen LogP contribution >= 0.6 is 0 Å². The van der Waals surface area contributed by atoms with Crippen LogP contribution in [-0.4, -0.2) is 68.7 Å². The molecule has 0 radical (unpaired) electrons. The van der Waals surface area contributed by atoms with E-state index in [9.17, 15) is 13.2 Å². The van der Waals surface area contributed by atoms with Gasteiger partial charge in [0.05, 0.1) is 23.9 Å². The Morgan fingerprint density at radius 2 is 2.06 bits per heavy atom. The van der Waals surface area contributed by atoms with Crippen molar-refractivity contribution in [3.05, 3.63) is 0 Å². The summed E-state index contributed by atoms with van der Waals surface area (Å²) in [5, 5.41) is 0. The van der Waals surface area contributed by atoms with Gasteiger partial charge in [0.15, 0.2) is 0 Å². The maximum absolute atomic E-state index is 12.0. The SMILES string of the molecule is CCS(=O)(=O)N1C[C@@H]2C[C@H](C(=O)N(C)C)[C@H](C1)O2. The molecule has 0 saturated carbocycles. The molecule has 3 atom stereocenters. The van der Waals surface area contributed by atoms with Crippen LogP contribution in [0, 0.1) is 5.92 Å². The van der Waals surface area contributed by atoms with Crippen LogP contribution in [0.5, 0.6) is 0 Å². The Labute approximate surface area is 108 Å². The first-order chi connectivity index (χ1) is 8.35. The van der Waals surface area contributed by atoms with E-state index in [-0.39, 0.29) is 29.8 Å². The molecule has 104 valence electrons. The fourth-order valence-electron chi connectivity index (χ4n) is 2.62. The molecule has 2 fully saturated rings. The van der Waals surface area contributed by atoms with Crippen LogP contribution in [0.3, 0.4) is 0 Å². The van der Waals surface area contributed by atoms with E-state index in [1.54, 1.807) is 25.9 Å². The number of carbonyl (C=O) groups is 1. The molecule has 0 aromatic heterocycles. The average Bonchev–Trinajstić information content (AvgIpc) is 2.62. The van der Waals surface area contributed by atoms with E-state index in [1.165, 1.54) is 4.31 Å². The molecular weight excluding hydrogens is 256 g/mol. The Balaban J connectivity index is 2.12. The van der Waals surface area contributed by atoms with Gasteiger partial charge in [-0.2, -0.15) is 4.31 Å². The molecule has 2 rings (SSSR count). The van der Waals surface area contributed by atoms with Crippen molar-refractivity contribution in [2.75, 3.05) is 32.9 Å². The van der Waals surface area contributed by atoms with Crippen molar-refractivity contribution in [2.45, 2.75) is 25.6 Å². The highest BCUT2D eigenvalue weighted by atomic mass is 32.2. The van der Waals surface area contributed by atoms with Crippen molar-refractivity contribution in [1.29, 1.82) is 0 Å². The van der Waals surface area contributed by atoms with Gasteiger partial charge in [-0.1, -0.05) is 0 Å². The molecule has 0 aromatic rings. The van der Waals surface area contributed by atoms with Crippen LogP contribution in [0.15, 0.2) is 0 Å². The molecule has 2 heterocycles. The molecular formula is C11H20N2O4S. The topological polar surface area (TPSA) is 66.9 Å². The Morgan fingerprint density at radius 3 is 2.61 bits per heavy atom. The minimum absolute atomic E-state index is 0.0262. The maximum Gasteiger partial charge on any atom is 0.227 e. The first kappa shape index (κ1) is 13.8. The predicted molar refractivity (Wildman–Crippen MR) is 66.5 cm³/mol. The van der Waals surface area contributed by atoms with Crippen molar-refractivity contribution < 1.29 is 17.9 Å². The largest absolute Gasteiger partial charge is 0.371 e. The van der Waals surface area contributed by atoms with Crippen molar-refractivity contribution in [1.82, 2.24) is 9.21 Å². The van der Waals surface area contributed by atoms with Crippen LogP contribution in [-0.2, 0) is 19.6 Å². The monoisotopic (exact) mass is 276 g/mol. The van der Waals surface area contributed by atoms with Gasteiger partial charge in [-0.3, -0.25) is 4.79 Å². The van der Waals surface area contributed by atoms with Gasteiger partial charge in [0.25, 0.3) is 0 Å². The summed E-state index contributed by atoms with van der Waals surface area (Å²) in [4.78, 5) is 13.5. The number of amides is 1. The number of nitrogens with zero attached hydrogens (tertiary/aromatic N) is 2. The zero-order chi connectivity index (χ0) is 13.5. The van der Waals surface area contributed by atoms with Gasteiger partial charge in [-0.25, -0.2) is 8.42 Å². The van der Waals surface area contributed by atoms with E-state index in [0.29, 0.717) is 19.5 Å². The van der Waals surface area contributed by atoms with Crippen molar-refractivity contribution in [2.24, 2.45) is 5.92 Å². The normalized spacial score (nSPS) is 32.5. The minimum atomic E-state index is -3.19. The minimum Gasteiger partial charge on any atom is -0.371 e. The van der Waals surface area contributed by atoms with E-state index in [2.05, 4.69) is 0 Å². The summed E-state index contributed by atoms with van der Waals surface area (Å²) in [5.74, 6) is -0.0843. The van der Waals surface area contributed by atoms with E-state index in [0.717, 1.165) is 0 Å². The van der Waals surface area contributed by atoms with Gasteiger partial charge in [-0.15, -0.1) is 0 Å². The smallest absolute Gasteiger partial charge is 0.227 e. The lowest BCUT2D eigenvalue weighted by Gasteiger charge is -2.31. The molecule has 2 bridgehead atoms. The maximum atomic E-state index is 12.0. The summed E-state index contributed by atoms with van der Waals surface area (Å²) in [6.07, 6.45) is 0.191. The first-order valence-corrected chi connectivity index (χ1v) is 7.80. The second kappa shape index (κ2) is 4.79. The summed E-state index contributed by atoms with van der Waals surface area (Å²) >= 11 is 0. The number of rotatable bonds is 3. The summed E-state index contributed by atoms with van der Waals surface area (Å²) in [7, 11) is 0.239. The molecule has 2 saturated heterocycles. The van der Waals surface area contributed by atoms with E-state index in [1.807, 2.05) is 0 Å². The lowest BCUT2D eigenvalue weighted by Crippen LogP contribution is -2.48. The third-order valence-corrected chi connectivity index (χ3v) is 5.45. The summed E-state index contributed by atoms with van der Waals surface area (Å²) < 4.78 is 30.9. The Bertz CT molecular complexity index is 434. The number of morpholine rings is 1. The fraction of sp³-hybridized carbons (Fsp3) is 0.909. The summed E-state index contributed by atoms with van der Waals surface area (Å²) in [6.45, 7) is 2.32. The van der Waals surface area contributed by atoms with Crippen LogP contribution in [0.25, 0.3) is 0 Å². The second-order valence-electron chi connectivity index (χ2n) is 5.09. The molecule has 0 unspecified atom stereocenters. The third kappa shape index (κ3) is 2.39. The van der Waals surface area contributed by atoms with E-state index < -0.39 is 10.0 Å². The lowest BCUT2D eigenvalue weighted by atomic mass is 9.99. The number of hydrogen-bond donors (Lipinski definition) is 0. The summed E-state index contributed by atoms with van der Waals surface area (Å²) in [6, 6.07) is 0. The van der Waals surface area contributed by atoms with Crippen molar-refractivity contribution >= 4 is 15.9 Å². The number of hydrogen-bond acceptors (Lipinski definition) is 4. The fourth-order valence-corrected chi connectivity index (χ4v) is 3.76. The molecule has 2 aliphatic heterocycles. The first-order valence-electron chi connectivity index (χ1n) is 6.19. The van der Waals surface area contributed by atoms with Crippen LogP contribution < -0.4 is 0 Å². The van der Waals surface area contributed by atoms with Crippen molar-refractivity contribution in [3.8, 4) is 0 Å². The van der Waals surface area contributed by atoms with Crippen LogP contribution in [0.4, 0.5) is 0 Å². The summed E-state index contributed by atoms with van der Waals surface area (Å²) in [5.41, 5.74) is 0. The Kier molecular flexibility index (Phi) is 3.66. The van der Waals surface area contributed by atoms with Gasteiger partial charge in [0, 0.05) is 27.2 Å². The van der Waals surface area contributed by atoms with Gasteiger partial charge >= 0.3 is 0 Å². The zero-order valence-electron chi connectivity index (χ0n) is 11.0. The highest BCUT2D eigenvalue weighted by Gasteiger charge is 2.47. The number of carbonyl (C=O) groups excluding carboxylic acids is 1. The zero-order valence-corrected chi connectivity index (χ0v) is 11.8. The highest BCUT2D eigenvalue weighted by Crippen LogP contribution is 2.33. The standard InChI is InChI=1S/C11H20N2O4S/c1-4-18(15,16)13-6-8-5-9(10(7-13)17-8)11(14)12(2)3/h8-10H,4-7H2,1-3H3/t8-,9-,10-/m0/s1. The number of ether oxygens (including phenoxy) is 1. The molecule has 7 heteroatoms. The van der Waals surface area contributed by atoms with Gasteiger partial charge in [0.2, 0.25) is 15.9 Å². The number of fused-ring (bicyclic) bond motifs is 2. The van der Waals surface area contributed by atoms with Crippen LogP contribution in [0.1, 0.15) is 13.3 Å². The van der Waals surface area contributed by atoms with Crippen molar-refractivity contribution in [3.63, 3.8) is 0 Å². The Morgan fingerprint density at radius 1 is 1.39 bits per heavy atom. The second-order valence-corrected chi connectivity index (χ2v) is 7.35. The molecule has 0 N–H and O–H groups in total. The molecule has 0 aromatic carbocycles. The van der Waals surface area contributed by atoms with Gasteiger partial charge < -0.3 is 9.64 Å². The molecule has 6 nitrogen and oxygen atoms in total. The van der Waals surface area contributed by atoms with Gasteiger partial charge in [0.1, 0.15) is 0 Å². The Hall–Kier alpha value is -0.660. The molecule has 1 amide bonds.